The summed E-state index contributed by atoms with van der Waals surface area (Å²) in [7, 11) is 1.75. The van der Waals surface area contributed by atoms with Gasteiger partial charge in [-0.3, -0.25) is 9.48 Å². The first-order chi connectivity index (χ1) is 13.4. The number of ether oxygens (including phenoxy) is 1. The molecule has 1 amide bonds. The van der Waals surface area contributed by atoms with Crippen LogP contribution in [0.2, 0.25) is 10.0 Å². The first-order valence-corrected chi connectivity index (χ1v) is 9.07. The van der Waals surface area contributed by atoms with Crippen LogP contribution in [-0.4, -0.2) is 28.8 Å². The molecule has 2 aromatic carbocycles. The van der Waals surface area contributed by atoms with Crippen LogP contribution in [0, 0.1) is 5.82 Å². The summed E-state index contributed by atoms with van der Waals surface area (Å²) < 4.78 is 20.9. The molecule has 0 spiro atoms. The number of nitrogens with two attached hydrogens (primary N) is 1. The Morgan fingerprint density at radius 2 is 2.04 bits per heavy atom. The van der Waals surface area contributed by atoms with Crippen LogP contribution in [0.1, 0.15) is 10.4 Å². The van der Waals surface area contributed by atoms with Gasteiger partial charge in [-0.15, -0.1) is 0 Å². The summed E-state index contributed by atoms with van der Waals surface area (Å²) in [6.45, 7) is 0.664. The van der Waals surface area contributed by atoms with Crippen molar-refractivity contribution in [3.05, 3.63) is 64.0 Å². The largest absolute Gasteiger partial charge is 0.492 e. The van der Waals surface area contributed by atoms with E-state index in [9.17, 15) is 9.18 Å². The fourth-order valence-corrected chi connectivity index (χ4v) is 3.03. The molecule has 3 N–H and O–H groups in total. The SMILES string of the molecule is Cn1ncc(Cl)c1-c1cc(NC(=O)c2ccc(Cl)c(F)c2)ccc1OCCN. The van der Waals surface area contributed by atoms with Crippen LogP contribution in [0.5, 0.6) is 5.75 Å². The molecule has 28 heavy (non-hydrogen) atoms. The van der Waals surface area contributed by atoms with Gasteiger partial charge in [0.2, 0.25) is 0 Å². The highest BCUT2D eigenvalue weighted by Gasteiger charge is 2.17. The molecule has 6 nitrogen and oxygen atoms in total. The van der Waals surface area contributed by atoms with E-state index in [1.807, 2.05) is 0 Å². The van der Waals surface area contributed by atoms with Gasteiger partial charge in [0, 0.05) is 30.4 Å². The second-order valence-electron chi connectivity index (χ2n) is 5.90. The second-order valence-corrected chi connectivity index (χ2v) is 6.71. The number of nitrogens with one attached hydrogen (secondary N) is 1. The van der Waals surface area contributed by atoms with Crippen LogP contribution in [0.15, 0.2) is 42.6 Å². The van der Waals surface area contributed by atoms with Crippen molar-refractivity contribution in [3.8, 4) is 17.0 Å². The van der Waals surface area contributed by atoms with Crippen molar-refractivity contribution in [1.82, 2.24) is 9.78 Å². The van der Waals surface area contributed by atoms with E-state index in [4.69, 9.17) is 33.7 Å². The third-order valence-corrected chi connectivity index (χ3v) is 4.53. The van der Waals surface area contributed by atoms with Crippen molar-refractivity contribution < 1.29 is 13.9 Å². The smallest absolute Gasteiger partial charge is 0.255 e. The van der Waals surface area contributed by atoms with E-state index in [0.717, 1.165) is 6.07 Å². The fourth-order valence-electron chi connectivity index (χ4n) is 2.64. The van der Waals surface area contributed by atoms with Gasteiger partial charge in [-0.1, -0.05) is 23.2 Å². The molecule has 0 radical (unpaired) electrons. The van der Waals surface area contributed by atoms with Gasteiger partial charge in [0.15, 0.2) is 0 Å². The Labute approximate surface area is 171 Å². The zero-order valence-corrected chi connectivity index (χ0v) is 16.4. The topological polar surface area (TPSA) is 82.2 Å². The number of hydrogen-bond donors (Lipinski definition) is 2. The first-order valence-electron chi connectivity index (χ1n) is 8.32. The Morgan fingerprint density at radius 3 is 2.68 bits per heavy atom. The van der Waals surface area contributed by atoms with Crippen molar-refractivity contribution >= 4 is 34.8 Å². The molecule has 0 aliphatic rings. The van der Waals surface area contributed by atoms with Crippen LogP contribution in [0.25, 0.3) is 11.3 Å². The number of aryl methyl sites for hydroxylation is 1. The molecular formula is C19H17Cl2FN4O2. The Morgan fingerprint density at radius 1 is 1.25 bits per heavy atom. The molecule has 0 bridgehead atoms. The highest BCUT2D eigenvalue weighted by atomic mass is 35.5. The number of nitrogens with zero attached hydrogens (tertiary/aromatic N) is 2. The van der Waals surface area contributed by atoms with Crippen molar-refractivity contribution in [2.75, 3.05) is 18.5 Å². The predicted octanol–water partition coefficient (Wildman–Crippen LogP) is 4.12. The van der Waals surface area contributed by atoms with E-state index in [2.05, 4.69) is 10.4 Å². The van der Waals surface area contributed by atoms with E-state index in [1.165, 1.54) is 18.3 Å². The lowest BCUT2D eigenvalue weighted by atomic mass is 10.1. The summed E-state index contributed by atoms with van der Waals surface area (Å²) in [5, 5.41) is 7.24. The molecule has 0 unspecified atom stereocenters. The molecule has 3 rings (SSSR count). The zero-order valence-electron chi connectivity index (χ0n) is 14.9. The summed E-state index contributed by atoms with van der Waals surface area (Å²) in [6, 6.07) is 8.93. The average molecular weight is 423 g/mol. The molecule has 3 aromatic rings. The summed E-state index contributed by atoms with van der Waals surface area (Å²) in [5.74, 6) is -0.595. The number of amides is 1. The molecule has 0 saturated carbocycles. The molecule has 0 aliphatic heterocycles. The Balaban J connectivity index is 1.95. The van der Waals surface area contributed by atoms with Crippen molar-refractivity contribution in [1.29, 1.82) is 0 Å². The lowest BCUT2D eigenvalue weighted by Crippen LogP contribution is -2.13. The number of carbonyl (C=O) groups is 1. The number of aromatic nitrogens is 2. The van der Waals surface area contributed by atoms with Gasteiger partial charge in [0.1, 0.15) is 18.2 Å². The standard InChI is InChI=1S/C19H17Cl2FN4O2/c1-26-18(15(21)10-24-26)13-9-12(3-5-17(13)28-7-6-23)25-19(27)11-2-4-14(20)16(22)8-11/h2-5,8-10H,6-7,23H2,1H3,(H,25,27). The van der Waals surface area contributed by atoms with Gasteiger partial charge in [-0.25, -0.2) is 4.39 Å². The maximum Gasteiger partial charge on any atom is 0.255 e. The summed E-state index contributed by atoms with van der Waals surface area (Å²) in [5.41, 5.74) is 7.41. The third kappa shape index (κ3) is 4.27. The molecule has 0 aliphatic carbocycles. The van der Waals surface area contributed by atoms with E-state index >= 15 is 0 Å². The van der Waals surface area contributed by atoms with Crippen LogP contribution in [0.3, 0.4) is 0 Å². The summed E-state index contributed by atoms with van der Waals surface area (Å²) in [4.78, 5) is 12.5. The van der Waals surface area contributed by atoms with E-state index in [1.54, 1.807) is 29.9 Å². The summed E-state index contributed by atoms with van der Waals surface area (Å²) >= 11 is 11.9. The second kappa shape index (κ2) is 8.60. The van der Waals surface area contributed by atoms with Gasteiger partial charge < -0.3 is 15.8 Å². The van der Waals surface area contributed by atoms with Crippen molar-refractivity contribution in [2.45, 2.75) is 0 Å². The Hall–Kier alpha value is -2.61. The third-order valence-electron chi connectivity index (χ3n) is 3.94. The van der Waals surface area contributed by atoms with Gasteiger partial charge in [-0.2, -0.15) is 5.10 Å². The van der Waals surface area contributed by atoms with Crippen LogP contribution < -0.4 is 15.8 Å². The average Bonchev–Trinajstić information content (AvgIpc) is 3.01. The fraction of sp³-hybridized carbons (Fsp3) is 0.158. The van der Waals surface area contributed by atoms with Gasteiger partial charge >= 0.3 is 0 Å². The minimum absolute atomic E-state index is 0.0499. The number of halogens is 3. The number of anilines is 1. The van der Waals surface area contributed by atoms with Gasteiger partial charge in [0.05, 0.1) is 21.9 Å². The Kier molecular flexibility index (Phi) is 6.18. The van der Waals surface area contributed by atoms with Gasteiger partial charge in [0.25, 0.3) is 5.91 Å². The highest BCUT2D eigenvalue weighted by Crippen LogP contribution is 2.36. The highest BCUT2D eigenvalue weighted by molar-refractivity contribution is 6.33. The lowest BCUT2D eigenvalue weighted by Gasteiger charge is -2.14. The number of carbonyl (C=O) groups excluding carboxylic acids is 1. The normalized spacial score (nSPS) is 10.8. The number of hydrogen-bond acceptors (Lipinski definition) is 4. The molecule has 1 aromatic heterocycles. The number of rotatable bonds is 6. The molecule has 146 valence electrons. The predicted molar refractivity (Wildman–Crippen MR) is 108 cm³/mol. The molecule has 0 saturated heterocycles. The van der Waals surface area contributed by atoms with E-state index in [-0.39, 0.29) is 10.6 Å². The molecule has 9 heteroatoms. The number of benzene rings is 2. The maximum atomic E-state index is 13.6. The first kappa shape index (κ1) is 20.1. The molecule has 0 atom stereocenters. The minimum Gasteiger partial charge on any atom is -0.492 e. The van der Waals surface area contributed by atoms with E-state index in [0.29, 0.717) is 40.9 Å². The molecule has 0 fully saturated rings. The molecular weight excluding hydrogens is 406 g/mol. The zero-order chi connectivity index (χ0) is 20.3. The van der Waals surface area contributed by atoms with Crippen LogP contribution in [-0.2, 0) is 7.05 Å². The van der Waals surface area contributed by atoms with Crippen LogP contribution >= 0.6 is 23.2 Å². The quantitative estimate of drug-likeness (QED) is 0.625. The van der Waals surface area contributed by atoms with E-state index < -0.39 is 11.7 Å². The molecule has 1 heterocycles. The lowest BCUT2D eigenvalue weighted by molar-refractivity contribution is 0.102. The Bertz CT molecular complexity index is 1000. The van der Waals surface area contributed by atoms with Gasteiger partial charge in [-0.05, 0) is 36.4 Å². The summed E-state index contributed by atoms with van der Waals surface area (Å²) in [6.07, 6.45) is 1.52. The maximum absolute atomic E-state index is 13.6. The van der Waals surface area contributed by atoms with Crippen molar-refractivity contribution in [3.63, 3.8) is 0 Å². The minimum atomic E-state index is -0.665. The monoisotopic (exact) mass is 422 g/mol. The van der Waals surface area contributed by atoms with Crippen LogP contribution in [0.4, 0.5) is 10.1 Å². The van der Waals surface area contributed by atoms with Crippen molar-refractivity contribution in [2.24, 2.45) is 12.8 Å².